The van der Waals surface area contributed by atoms with E-state index >= 15 is 0 Å². The zero-order valence-electron chi connectivity index (χ0n) is 17.7. The normalized spacial score (nSPS) is 15.5. The average molecular weight is 399 g/mol. The Morgan fingerprint density at radius 1 is 0.833 bits per heavy atom. The third kappa shape index (κ3) is 5.17. The van der Waals surface area contributed by atoms with Gasteiger partial charge in [0.2, 0.25) is 0 Å². The van der Waals surface area contributed by atoms with Crippen molar-refractivity contribution in [3.05, 3.63) is 107 Å². The third-order valence-electron chi connectivity index (χ3n) is 5.89. The molecule has 0 aromatic heterocycles. The first kappa shape index (κ1) is 20.4. The van der Waals surface area contributed by atoms with Crippen molar-refractivity contribution in [3.63, 3.8) is 0 Å². The van der Waals surface area contributed by atoms with Gasteiger partial charge in [0.15, 0.2) is 0 Å². The summed E-state index contributed by atoms with van der Waals surface area (Å²) in [6.45, 7) is 5.40. The van der Waals surface area contributed by atoms with Gasteiger partial charge in [-0.15, -0.1) is 0 Å². The summed E-state index contributed by atoms with van der Waals surface area (Å²) in [5.41, 5.74) is 5.34. The van der Waals surface area contributed by atoms with Crippen molar-refractivity contribution >= 4 is 5.91 Å². The Balaban J connectivity index is 1.48. The van der Waals surface area contributed by atoms with Crippen LogP contribution < -0.4 is 5.32 Å². The number of hydrogen-bond acceptors (Lipinski definition) is 2. The van der Waals surface area contributed by atoms with Gasteiger partial charge in [0, 0.05) is 12.1 Å². The van der Waals surface area contributed by atoms with Crippen molar-refractivity contribution in [3.8, 4) is 0 Å². The molecule has 3 heteroatoms. The fourth-order valence-electron chi connectivity index (χ4n) is 4.12. The minimum atomic E-state index is -0.174. The molecule has 1 N–H and O–H groups in total. The van der Waals surface area contributed by atoms with Crippen LogP contribution in [-0.2, 0) is 6.54 Å². The minimum Gasteiger partial charge on any atom is -0.341 e. The summed E-state index contributed by atoms with van der Waals surface area (Å²) >= 11 is 0. The Kier molecular flexibility index (Phi) is 6.60. The number of carbonyl (C=O) groups excluding carboxylic acids is 1. The second-order valence-electron chi connectivity index (χ2n) is 8.26. The molecule has 1 heterocycles. The van der Waals surface area contributed by atoms with E-state index in [1.807, 2.05) is 30.3 Å². The second-order valence-corrected chi connectivity index (χ2v) is 8.26. The predicted molar refractivity (Wildman–Crippen MR) is 123 cm³/mol. The van der Waals surface area contributed by atoms with Gasteiger partial charge < -0.3 is 5.32 Å². The standard InChI is InChI=1S/C27H30N2O/c1-21-10-14-24(15-11-21)26(23-8-4-2-5-9-23)28-27(30)25-16-12-22(13-17-25)20-29-18-6-3-7-19-29/h2,4-5,8-17,26H,3,6-7,18-20H2,1H3,(H,28,30). The second kappa shape index (κ2) is 9.73. The van der Waals surface area contributed by atoms with Gasteiger partial charge in [0.25, 0.3) is 5.91 Å². The zero-order chi connectivity index (χ0) is 20.8. The Labute approximate surface area is 179 Å². The molecule has 0 bridgehead atoms. The number of hydrogen-bond donors (Lipinski definition) is 1. The molecule has 3 aromatic carbocycles. The highest BCUT2D eigenvalue weighted by atomic mass is 16.1. The van der Waals surface area contributed by atoms with Gasteiger partial charge in [-0.05, 0) is 61.7 Å². The molecule has 1 atom stereocenters. The van der Waals surface area contributed by atoms with Crippen LogP contribution in [0.15, 0.2) is 78.9 Å². The maximum absolute atomic E-state index is 13.0. The van der Waals surface area contributed by atoms with Gasteiger partial charge in [-0.2, -0.15) is 0 Å². The van der Waals surface area contributed by atoms with E-state index in [0.717, 1.165) is 17.7 Å². The van der Waals surface area contributed by atoms with Crippen LogP contribution in [0.25, 0.3) is 0 Å². The van der Waals surface area contributed by atoms with Crippen LogP contribution in [0, 0.1) is 6.92 Å². The van der Waals surface area contributed by atoms with Crippen LogP contribution in [0.3, 0.4) is 0 Å². The van der Waals surface area contributed by atoms with Crippen molar-refractivity contribution < 1.29 is 4.79 Å². The van der Waals surface area contributed by atoms with Crippen LogP contribution in [0.1, 0.15) is 57.9 Å². The fourth-order valence-corrected chi connectivity index (χ4v) is 4.12. The van der Waals surface area contributed by atoms with Crippen LogP contribution in [0.5, 0.6) is 0 Å². The van der Waals surface area contributed by atoms with Gasteiger partial charge in [-0.3, -0.25) is 9.69 Å². The van der Waals surface area contributed by atoms with E-state index in [9.17, 15) is 4.79 Å². The average Bonchev–Trinajstić information content (AvgIpc) is 2.80. The van der Waals surface area contributed by atoms with Crippen molar-refractivity contribution in [1.29, 1.82) is 0 Å². The molecule has 3 aromatic rings. The number of nitrogens with one attached hydrogen (secondary N) is 1. The highest BCUT2D eigenvalue weighted by Crippen LogP contribution is 2.23. The number of rotatable bonds is 6. The number of carbonyl (C=O) groups is 1. The first-order valence-electron chi connectivity index (χ1n) is 10.9. The van der Waals surface area contributed by atoms with E-state index in [1.165, 1.54) is 43.5 Å². The Hall–Kier alpha value is -2.91. The number of aryl methyl sites for hydroxylation is 1. The lowest BCUT2D eigenvalue weighted by Crippen LogP contribution is -2.30. The van der Waals surface area contributed by atoms with E-state index in [0.29, 0.717) is 5.56 Å². The molecule has 30 heavy (non-hydrogen) atoms. The summed E-state index contributed by atoms with van der Waals surface area (Å²) in [5.74, 6) is -0.0473. The molecule has 1 saturated heterocycles. The Bertz CT molecular complexity index is 942. The molecule has 154 valence electrons. The Morgan fingerprint density at radius 2 is 1.47 bits per heavy atom. The van der Waals surface area contributed by atoms with Crippen molar-refractivity contribution in [2.24, 2.45) is 0 Å². The van der Waals surface area contributed by atoms with E-state index in [1.54, 1.807) is 0 Å². The molecule has 0 radical (unpaired) electrons. The summed E-state index contributed by atoms with van der Waals surface area (Å²) < 4.78 is 0. The molecule has 0 spiro atoms. The van der Waals surface area contributed by atoms with Crippen LogP contribution in [-0.4, -0.2) is 23.9 Å². The van der Waals surface area contributed by atoms with E-state index in [-0.39, 0.29) is 11.9 Å². The number of nitrogens with zero attached hydrogens (tertiary/aromatic N) is 1. The fraction of sp³-hybridized carbons (Fsp3) is 0.296. The maximum Gasteiger partial charge on any atom is 0.252 e. The molecule has 1 aliphatic heterocycles. The third-order valence-corrected chi connectivity index (χ3v) is 5.89. The molecule has 0 saturated carbocycles. The molecule has 1 aliphatic rings. The molecule has 0 aliphatic carbocycles. The number of piperidine rings is 1. The van der Waals surface area contributed by atoms with Gasteiger partial charge in [-0.25, -0.2) is 0 Å². The highest BCUT2D eigenvalue weighted by Gasteiger charge is 2.18. The molecule has 1 amide bonds. The number of likely N-dealkylation sites (tertiary alicyclic amines) is 1. The van der Waals surface area contributed by atoms with Gasteiger partial charge in [-0.1, -0.05) is 78.7 Å². The van der Waals surface area contributed by atoms with E-state index in [4.69, 9.17) is 0 Å². The topological polar surface area (TPSA) is 32.3 Å². The molecule has 4 rings (SSSR count). The highest BCUT2D eigenvalue weighted by molar-refractivity contribution is 5.94. The van der Waals surface area contributed by atoms with Crippen molar-refractivity contribution in [2.45, 2.75) is 38.8 Å². The van der Waals surface area contributed by atoms with Crippen molar-refractivity contribution in [2.75, 3.05) is 13.1 Å². The summed E-state index contributed by atoms with van der Waals surface area (Å²) in [5, 5.41) is 3.24. The van der Waals surface area contributed by atoms with Crippen LogP contribution in [0.4, 0.5) is 0 Å². The van der Waals surface area contributed by atoms with E-state index < -0.39 is 0 Å². The number of benzene rings is 3. The SMILES string of the molecule is Cc1ccc(C(NC(=O)c2ccc(CN3CCCCC3)cc2)c2ccccc2)cc1. The quantitative estimate of drug-likeness (QED) is 0.595. The largest absolute Gasteiger partial charge is 0.341 e. The van der Waals surface area contributed by atoms with Crippen molar-refractivity contribution in [1.82, 2.24) is 10.2 Å². The predicted octanol–water partition coefficient (Wildman–Crippen LogP) is 5.50. The van der Waals surface area contributed by atoms with Crippen LogP contribution in [0.2, 0.25) is 0 Å². The summed E-state index contributed by atoms with van der Waals surface area (Å²) in [6.07, 6.45) is 3.93. The van der Waals surface area contributed by atoms with E-state index in [2.05, 4.69) is 65.7 Å². The summed E-state index contributed by atoms with van der Waals surface area (Å²) in [4.78, 5) is 15.5. The van der Waals surface area contributed by atoms with Crippen LogP contribution >= 0.6 is 0 Å². The molecule has 1 fully saturated rings. The van der Waals surface area contributed by atoms with Gasteiger partial charge in [0.05, 0.1) is 6.04 Å². The first-order chi connectivity index (χ1) is 14.7. The maximum atomic E-state index is 13.0. The lowest BCUT2D eigenvalue weighted by Gasteiger charge is -2.26. The minimum absolute atomic E-state index is 0.0473. The lowest BCUT2D eigenvalue weighted by atomic mass is 9.97. The number of amides is 1. The molecule has 3 nitrogen and oxygen atoms in total. The molecule has 1 unspecified atom stereocenters. The van der Waals surface area contributed by atoms with Gasteiger partial charge in [0.1, 0.15) is 0 Å². The molecular weight excluding hydrogens is 368 g/mol. The monoisotopic (exact) mass is 398 g/mol. The van der Waals surface area contributed by atoms with Gasteiger partial charge >= 0.3 is 0 Å². The molecular formula is C27H30N2O. The Morgan fingerprint density at radius 3 is 2.13 bits per heavy atom. The zero-order valence-corrected chi connectivity index (χ0v) is 17.7. The summed E-state index contributed by atoms with van der Waals surface area (Å²) in [7, 11) is 0. The first-order valence-corrected chi connectivity index (χ1v) is 10.9. The summed E-state index contributed by atoms with van der Waals surface area (Å²) in [6, 6.07) is 26.4. The smallest absolute Gasteiger partial charge is 0.252 e. The lowest BCUT2D eigenvalue weighted by molar-refractivity contribution is 0.0943.